The highest BCUT2D eigenvalue weighted by atomic mass is 16.7. The van der Waals surface area contributed by atoms with Crippen molar-refractivity contribution in [2.24, 2.45) is 0 Å². The summed E-state index contributed by atoms with van der Waals surface area (Å²) in [6.07, 6.45) is 76.1. The fourth-order valence-corrected chi connectivity index (χ4v) is 12.0. The number of rotatable bonds is 66. The van der Waals surface area contributed by atoms with Gasteiger partial charge in [-0.3, -0.25) is 4.79 Å². The highest BCUT2D eigenvalue weighted by molar-refractivity contribution is 5.80. The first-order valence-corrected chi connectivity index (χ1v) is 37.7. The molecule has 1 heterocycles. The van der Waals surface area contributed by atoms with E-state index in [4.69, 9.17) is 9.47 Å². The molecule has 1 rings (SSSR count). The van der Waals surface area contributed by atoms with Crippen LogP contribution in [0, 0.1) is 0 Å². The van der Waals surface area contributed by atoms with Crippen LogP contribution < -0.4 is 5.32 Å². The Morgan fingerprint density at radius 1 is 0.398 bits per heavy atom. The summed E-state index contributed by atoms with van der Waals surface area (Å²) in [5.41, 5.74) is 0. The third-order valence-electron chi connectivity index (χ3n) is 18.0. The molecule has 0 radical (unpaired) electrons. The number of aliphatic hydroxyl groups excluding tert-OH is 7. The zero-order valence-electron chi connectivity index (χ0n) is 57.2. The minimum Gasteiger partial charge on any atom is -0.394 e. The van der Waals surface area contributed by atoms with E-state index in [-0.39, 0.29) is 12.8 Å². The molecule has 9 atom stereocenters. The molecule has 8 N–H and O–H groups in total. The lowest BCUT2D eigenvalue weighted by Gasteiger charge is -2.40. The maximum atomic E-state index is 13.3. The predicted octanol–water partition coefficient (Wildman–Crippen LogP) is 18.9. The number of amides is 1. The second-order valence-corrected chi connectivity index (χ2v) is 26.3. The average molecular weight is 1240 g/mol. The van der Waals surface area contributed by atoms with Crippen LogP contribution in [-0.2, 0) is 14.3 Å². The van der Waals surface area contributed by atoms with Crippen LogP contribution >= 0.6 is 0 Å². The minimum absolute atomic E-state index is 0.241. The highest BCUT2D eigenvalue weighted by Crippen LogP contribution is 2.24. The van der Waals surface area contributed by atoms with Crippen molar-refractivity contribution in [2.45, 2.75) is 409 Å². The fourth-order valence-electron chi connectivity index (χ4n) is 12.0. The smallest absolute Gasteiger partial charge is 0.249 e. The number of allylic oxidation sites excluding steroid dienone is 10. The van der Waals surface area contributed by atoms with Crippen molar-refractivity contribution in [1.29, 1.82) is 0 Å². The Balaban J connectivity index is 2.21. The zero-order chi connectivity index (χ0) is 63.9. The molecule has 0 aromatic rings. The Bertz CT molecular complexity index is 1620. The van der Waals surface area contributed by atoms with Crippen molar-refractivity contribution in [3.8, 4) is 0 Å². The summed E-state index contributed by atoms with van der Waals surface area (Å²) in [5.74, 6) is -0.709. The summed E-state index contributed by atoms with van der Waals surface area (Å²) in [4.78, 5) is 13.3. The molecule has 11 heteroatoms. The van der Waals surface area contributed by atoms with Crippen molar-refractivity contribution < 1.29 is 50.0 Å². The van der Waals surface area contributed by atoms with Crippen molar-refractivity contribution in [3.63, 3.8) is 0 Å². The van der Waals surface area contributed by atoms with Crippen LogP contribution in [0.5, 0.6) is 0 Å². The monoisotopic (exact) mass is 1240 g/mol. The topological polar surface area (TPSA) is 189 Å². The lowest BCUT2D eigenvalue weighted by atomic mass is 9.98. The molecular formula is C77H143NO10. The minimum atomic E-state index is -1.68. The van der Waals surface area contributed by atoms with Gasteiger partial charge in [-0.15, -0.1) is 0 Å². The molecule has 1 fully saturated rings. The molecular weight excluding hydrogens is 1100 g/mol. The number of aliphatic hydroxyl groups is 7. The summed E-state index contributed by atoms with van der Waals surface area (Å²) < 4.78 is 11.2. The number of carbonyl (C=O) groups is 1. The van der Waals surface area contributed by atoms with Crippen LogP contribution in [0.4, 0.5) is 0 Å². The van der Waals surface area contributed by atoms with E-state index in [9.17, 15) is 40.5 Å². The molecule has 0 spiro atoms. The first kappa shape index (κ1) is 83.8. The summed E-state index contributed by atoms with van der Waals surface area (Å²) in [6.45, 7) is 3.48. The Hall–Kier alpha value is -2.19. The van der Waals surface area contributed by atoms with Gasteiger partial charge in [0.15, 0.2) is 6.29 Å². The predicted molar refractivity (Wildman–Crippen MR) is 371 cm³/mol. The van der Waals surface area contributed by atoms with Gasteiger partial charge in [-0.25, -0.2) is 0 Å². The van der Waals surface area contributed by atoms with Crippen LogP contribution in [0.25, 0.3) is 0 Å². The fraction of sp³-hybridized carbons (Fsp3) is 0.857. The van der Waals surface area contributed by atoms with Crippen molar-refractivity contribution in [1.82, 2.24) is 5.32 Å². The van der Waals surface area contributed by atoms with E-state index < -0.39 is 74.2 Å². The largest absolute Gasteiger partial charge is 0.394 e. The molecule has 0 bridgehead atoms. The summed E-state index contributed by atoms with van der Waals surface area (Å²) in [7, 11) is 0. The van der Waals surface area contributed by atoms with Crippen LogP contribution in [0.1, 0.15) is 354 Å². The quantitative estimate of drug-likeness (QED) is 0.0215. The molecule has 1 amide bonds. The Kier molecular flexibility index (Phi) is 61.8. The van der Waals surface area contributed by atoms with E-state index in [1.54, 1.807) is 0 Å². The van der Waals surface area contributed by atoms with E-state index >= 15 is 0 Å². The SMILES string of the molecule is CCCCCCCCCCC/C=C\C/C=C\CCCCCCCCCCCCCCCCCCC(O)C(=O)NC(COC1OC(CO)C(O)C(O)C1O)C(O)C(O)CCC/C=C/CC/C=C/CC/C=C/CCCCCCCCCCCCCCCCCC. The summed E-state index contributed by atoms with van der Waals surface area (Å²) >= 11 is 0. The molecule has 0 aliphatic carbocycles. The zero-order valence-corrected chi connectivity index (χ0v) is 57.2. The molecule has 9 unspecified atom stereocenters. The first-order chi connectivity index (χ1) is 43.2. The number of hydrogen-bond acceptors (Lipinski definition) is 10. The highest BCUT2D eigenvalue weighted by Gasteiger charge is 2.44. The molecule has 11 nitrogen and oxygen atoms in total. The van der Waals surface area contributed by atoms with Crippen LogP contribution in [0.2, 0.25) is 0 Å². The number of hydrogen-bond donors (Lipinski definition) is 8. The van der Waals surface area contributed by atoms with Gasteiger partial charge >= 0.3 is 0 Å². The Morgan fingerprint density at radius 2 is 0.716 bits per heavy atom. The van der Waals surface area contributed by atoms with E-state index in [1.807, 2.05) is 0 Å². The second-order valence-electron chi connectivity index (χ2n) is 26.3. The Labute approximate surface area is 542 Å². The van der Waals surface area contributed by atoms with Crippen molar-refractivity contribution >= 4 is 5.91 Å². The lowest BCUT2D eigenvalue weighted by molar-refractivity contribution is -0.303. The van der Waals surface area contributed by atoms with Crippen molar-refractivity contribution in [2.75, 3.05) is 13.2 Å². The number of ether oxygens (including phenoxy) is 2. The summed E-state index contributed by atoms with van der Waals surface area (Å²) in [6, 6.07) is -1.20. The van der Waals surface area contributed by atoms with Gasteiger partial charge in [0.2, 0.25) is 5.91 Å². The van der Waals surface area contributed by atoms with Crippen LogP contribution in [0.3, 0.4) is 0 Å². The van der Waals surface area contributed by atoms with Gasteiger partial charge in [-0.1, -0.05) is 319 Å². The third kappa shape index (κ3) is 51.3. The van der Waals surface area contributed by atoms with E-state index in [0.29, 0.717) is 19.3 Å². The number of unbranched alkanes of at least 4 members (excludes halogenated alkanes) is 44. The molecule has 1 aliphatic rings. The summed E-state index contributed by atoms with van der Waals surface area (Å²) in [5, 5.41) is 76.6. The van der Waals surface area contributed by atoms with Gasteiger partial charge in [0.25, 0.3) is 0 Å². The maximum Gasteiger partial charge on any atom is 0.249 e. The van der Waals surface area contributed by atoms with Gasteiger partial charge in [-0.2, -0.15) is 0 Å². The molecule has 516 valence electrons. The number of nitrogens with one attached hydrogen (secondary N) is 1. The first-order valence-electron chi connectivity index (χ1n) is 37.7. The Morgan fingerprint density at radius 3 is 1.08 bits per heavy atom. The van der Waals surface area contributed by atoms with Gasteiger partial charge in [-0.05, 0) is 96.3 Å². The lowest BCUT2D eigenvalue weighted by Crippen LogP contribution is -2.60. The molecule has 0 aromatic heterocycles. The van der Waals surface area contributed by atoms with Crippen LogP contribution in [0.15, 0.2) is 60.8 Å². The normalized spacial score (nSPS) is 18.9. The molecule has 1 aliphatic heterocycles. The van der Waals surface area contributed by atoms with Crippen LogP contribution in [-0.4, -0.2) is 110 Å². The number of carbonyl (C=O) groups excluding carboxylic acids is 1. The molecule has 1 saturated heterocycles. The van der Waals surface area contributed by atoms with Gasteiger partial charge in [0.1, 0.15) is 36.6 Å². The van der Waals surface area contributed by atoms with E-state index in [1.165, 1.54) is 257 Å². The average Bonchev–Trinajstić information content (AvgIpc) is 3.73. The third-order valence-corrected chi connectivity index (χ3v) is 18.0. The standard InChI is InChI=1S/C77H143NO10/c1-3-5-7-9-11-13-15-17-19-21-23-25-27-29-31-33-34-35-37-39-41-43-45-47-49-51-53-55-57-59-61-63-65-70(81)76(86)78-68(67-87-77-75(85)74(84)73(83)71(66-79)88-77)72(82)69(80)64-62-60-58-56-54-52-50-48-46-44-42-40-38-36-32-30-28-26-24-22-20-18-16-14-12-10-8-6-4-2/h23,25,29,31,40,42,48,50,56,58,68-75,77,79-85H,3-22,24,26-28,30,32-39,41,43-47,49,51-55,57,59-67H2,1-2H3,(H,78,86)/b25-23-,31-29-,42-40+,50-48+,58-56+. The van der Waals surface area contributed by atoms with Gasteiger partial charge in [0, 0.05) is 0 Å². The molecule has 0 aromatic carbocycles. The maximum absolute atomic E-state index is 13.3. The second kappa shape index (κ2) is 64.9. The van der Waals surface area contributed by atoms with E-state index in [0.717, 1.165) is 51.4 Å². The van der Waals surface area contributed by atoms with E-state index in [2.05, 4.69) is 79.9 Å². The van der Waals surface area contributed by atoms with Gasteiger partial charge in [0.05, 0.1) is 25.4 Å². The molecule has 88 heavy (non-hydrogen) atoms. The molecule has 0 saturated carbocycles. The van der Waals surface area contributed by atoms with Crippen molar-refractivity contribution in [3.05, 3.63) is 60.8 Å². The van der Waals surface area contributed by atoms with Gasteiger partial charge < -0.3 is 50.5 Å².